The van der Waals surface area contributed by atoms with Crippen LogP contribution in [0.1, 0.15) is 37.0 Å². The molecule has 0 saturated heterocycles. The molecule has 1 amide bonds. The normalized spacial score (nSPS) is 10.7. The van der Waals surface area contributed by atoms with Gasteiger partial charge in [-0.15, -0.1) is 0 Å². The van der Waals surface area contributed by atoms with E-state index in [9.17, 15) is 9.18 Å². The molecule has 0 aliphatic carbocycles. The molecule has 0 heterocycles. The molecule has 1 rings (SSSR count). The zero-order valence-electron chi connectivity index (χ0n) is 10.3. The molecule has 0 unspecified atom stereocenters. The van der Waals surface area contributed by atoms with Crippen molar-refractivity contribution in [3.8, 4) is 0 Å². The number of benzene rings is 1. The maximum Gasteiger partial charge on any atom is 0.254 e. The van der Waals surface area contributed by atoms with Crippen molar-refractivity contribution in [3.63, 3.8) is 0 Å². The Hall–Kier alpha value is -0.900. The van der Waals surface area contributed by atoms with E-state index in [1.165, 1.54) is 18.2 Å². The summed E-state index contributed by atoms with van der Waals surface area (Å²) >= 11 is 3.22. The van der Waals surface area contributed by atoms with Crippen LogP contribution in [0.2, 0.25) is 0 Å². The van der Waals surface area contributed by atoms with Gasteiger partial charge in [0.2, 0.25) is 0 Å². The van der Waals surface area contributed by atoms with E-state index in [1.54, 1.807) is 11.9 Å². The van der Waals surface area contributed by atoms with Crippen LogP contribution in [0.5, 0.6) is 0 Å². The third-order valence-corrected chi connectivity index (χ3v) is 3.63. The predicted molar refractivity (Wildman–Crippen MR) is 70.6 cm³/mol. The molecule has 0 spiro atoms. The highest BCUT2D eigenvalue weighted by atomic mass is 79.9. The van der Waals surface area contributed by atoms with E-state index in [1.807, 2.05) is 0 Å². The molecule has 0 bridgehead atoms. The summed E-state index contributed by atoms with van der Waals surface area (Å²) in [6.07, 6.45) is 1.83. The minimum Gasteiger partial charge on any atom is -0.339 e. The molecular formula is C13H17BrFNO. The maximum absolute atomic E-state index is 12.9. The van der Waals surface area contributed by atoms with Gasteiger partial charge in [0.15, 0.2) is 0 Å². The molecule has 94 valence electrons. The highest BCUT2D eigenvalue weighted by Gasteiger charge is 2.20. The van der Waals surface area contributed by atoms with Crippen molar-refractivity contribution in [1.82, 2.24) is 4.90 Å². The van der Waals surface area contributed by atoms with Gasteiger partial charge in [0.1, 0.15) is 5.82 Å². The molecule has 0 aliphatic heterocycles. The molecule has 0 saturated carbocycles. The zero-order valence-corrected chi connectivity index (χ0v) is 11.9. The number of nitrogens with zero attached hydrogens (tertiary/aromatic N) is 1. The van der Waals surface area contributed by atoms with Crippen LogP contribution in [0.25, 0.3) is 0 Å². The minimum atomic E-state index is -0.349. The highest BCUT2D eigenvalue weighted by Crippen LogP contribution is 2.21. The Kier molecular flexibility index (Phi) is 5.12. The number of carbonyl (C=O) groups is 1. The van der Waals surface area contributed by atoms with Gasteiger partial charge in [-0.3, -0.25) is 4.79 Å². The zero-order chi connectivity index (χ0) is 13.0. The third-order valence-electron chi connectivity index (χ3n) is 2.97. The molecule has 1 aromatic rings. The smallest absolute Gasteiger partial charge is 0.254 e. The first kappa shape index (κ1) is 14.2. The predicted octanol–water partition coefficient (Wildman–Crippen LogP) is 3.85. The number of halogens is 2. The van der Waals surface area contributed by atoms with Gasteiger partial charge in [-0.2, -0.15) is 0 Å². The second-order valence-electron chi connectivity index (χ2n) is 4.01. The molecular weight excluding hydrogens is 285 g/mol. The van der Waals surface area contributed by atoms with Crippen molar-refractivity contribution in [2.75, 3.05) is 7.05 Å². The van der Waals surface area contributed by atoms with Crippen LogP contribution < -0.4 is 0 Å². The maximum atomic E-state index is 12.9. The second-order valence-corrected chi connectivity index (χ2v) is 4.86. The van der Waals surface area contributed by atoms with Crippen molar-refractivity contribution < 1.29 is 9.18 Å². The summed E-state index contributed by atoms with van der Waals surface area (Å²) in [7, 11) is 1.79. The Balaban J connectivity index is 2.96. The lowest BCUT2D eigenvalue weighted by Gasteiger charge is -2.26. The largest absolute Gasteiger partial charge is 0.339 e. The number of amides is 1. The minimum absolute atomic E-state index is 0.0782. The van der Waals surface area contributed by atoms with E-state index in [0.717, 1.165) is 12.8 Å². The Labute approximate surface area is 110 Å². The molecule has 0 radical (unpaired) electrons. The first-order valence-corrected chi connectivity index (χ1v) is 6.52. The van der Waals surface area contributed by atoms with Gasteiger partial charge in [-0.1, -0.05) is 13.8 Å². The Morgan fingerprint density at radius 1 is 1.41 bits per heavy atom. The van der Waals surface area contributed by atoms with Crippen LogP contribution in [-0.4, -0.2) is 23.9 Å². The summed E-state index contributed by atoms with van der Waals surface area (Å²) in [4.78, 5) is 13.9. The summed E-state index contributed by atoms with van der Waals surface area (Å²) in [5.74, 6) is -0.427. The molecule has 0 aromatic heterocycles. The van der Waals surface area contributed by atoms with Crippen LogP contribution in [0.3, 0.4) is 0 Å². The molecule has 1 aromatic carbocycles. The molecule has 0 atom stereocenters. The first-order chi connectivity index (χ1) is 8.01. The summed E-state index contributed by atoms with van der Waals surface area (Å²) in [6.45, 7) is 4.11. The van der Waals surface area contributed by atoms with Crippen LogP contribution in [0.15, 0.2) is 22.7 Å². The highest BCUT2D eigenvalue weighted by molar-refractivity contribution is 9.10. The van der Waals surface area contributed by atoms with Crippen molar-refractivity contribution in [3.05, 3.63) is 34.1 Å². The van der Waals surface area contributed by atoms with E-state index >= 15 is 0 Å². The number of carbonyl (C=O) groups excluding carboxylic acids is 1. The van der Waals surface area contributed by atoms with E-state index in [0.29, 0.717) is 10.0 Å². The third kappa shape index (κ3) is 3.28. The van der Waals surface area contributed by atoms with E-state index in [4.69, 9.17) is 0 Å². The van der Waals surface area contributed by atoms with Crippen LogP contribution in [0.4, 0.5) is 4.39 Å². The van der Waals surface area contributed by atoms with Gasteiger partial charge >= 0.3 is 0 Å². The van der Waals surface area contributed by atoms with Crippen molar-refractivity contribution >= 4 is 21.8 Å². The number of rotatable bonds is 4. The lowest BCUT2D eigenvalue weighted by molar-refractivity contribution is 0.0722. The van der Waals surface area contributed by atoms with Gasteiger partial charge in [0.25, 0.3) is 5.91 Å². The summed E-state index contributed by atoms with van der Waals surface area (Å²) in [5, 5.41) is 0. The molecule has 17 heavy (non-hydrogen) atoms. The standard InChI is InChI=1S/C13H17BrFNO/c1-4-10(5-2)16(3)13(17)11-7-6-9(15)8-12(11)14/h6-8,10H,4-5H2,1-3H3. The van der Waals surface area contributed by atoms with Crippen LogP contribution in [0, 0.1) is 5.82 Å². The molecule has 0 aliphatic rings. The fraction of sp³-hybridized carbons (Fsp3) is 0.462. The molecule has 4 heteroatoms. The van der Waals surface area contributed by atoms with E-state index < -0.39 is 0 Å². The summed E-state index contributed by atoms with van der Waals surface area (Å²) in [5.41, 5.74) is 0.501. The molecule has 2 nitrogen and oxygen atoms in total. The van der Waals surface area contributed by atoms with Gasteiger partial charge < -0.3 is 4.90 Å². The SMILES string of the molecule is CCC(CC)N(C)C(=O)c1ccc(F)cc1Br. The monoisotopic (exact) mass is 301 g/mol. The van der Waals surface area contributed by atoms with Gasteiger partial charge in [-0.25, -0.2) is 4.39 Å². The second kappa shape index (κ2) is 6.15. The van der Waals surface area contributed by atoms with Crippen molar-refractivity contribution in [2.45, 2.75) is 32.7 Å². The first-order valence-electron chi connectivity index (χ1n) is 5.73. The summed E-state index contributed by atoms with van der Waals surface area (Å²) < 4.78 is 13.4. The van der Waals surface area contributed by atoms with Crippen LogP contribution in [-0.2, 0) is 0 Å². The Morgan fingerprint density at radius 3 is 2.47 bits per heavy atom. The summed E-state index contributed by atoms with van der Waals surface area (Å²) in [6, 6.07) is 4.35. The lowest BCUT2D eigenvalue weighted by atomic mass is 10.1. The topological polar surface area (TPSA) is 20.3 Å². The van der Waals surface area contributed by atoms with Gasteiger partial charge in [0, 0.05) is 17.6 Å². The van der Waals surface area contributed by atoms with E-state index in [-0.39, 0.29) is 17.8 Å². The van der Waals surface area contributed by atoms with Gasteiger partial charge in [0.05, 0.1) is 5.56 Å². The average molecular weight is 302 g/mol. The Bertz CT molecular complexity index is 404. The Morgan fingerprint density at radius 2 is 2.00 bits per heavy atom. The fourth-order valence-corrected chi connectivity index (χ4v) is 2.38. The number of hydrogen-bond donors (Lipinski definition) is 0. The molecule has 0 fully saturated rings. The van der Waals surface area contributed by atoms with Gasteiger partial charge in [-0.05, 0) is 47.0 Å². The lowest BCUT2D eigenvalue weighted by Crippen LogP contribution is -2.36. The number of hydrogen-bond acceptors (Lipinski definition) is 1. The average Bonchev–Trinajstić information content (AvgIpc) is 2.29. The fourth-order valence-electron chi connectivity index (χ4n) is 1.86. The molecule has 0 N–H and O–H groups in total. The van der Waals surface area contributed by atoms with Crippen molar-refractivity contribution in [2.24, 2.45) is 0 Å². The van der Waals surface area contributed by atoms with Crippen molar-refractivity contribution in [1.29, 1.82) is 0 Å². The van der Waals surface area contributed by atoms with Crippen LogP contribution >= 0.6 is 15.9 Å². The van der Waals surface area contributed by atoms with E-state index in [2.05, 4.69) is 29.8 Å². The quantitative estimate of drug-likeness (QED) is 0.827.